The molecular weight excluding hydrogens is 468 g/mol. The lowest BCUT2D eigenvalue weighted by Crippen LogP contribution is -2.49. The van der Waals surface area contributed by atoms with Crippen molar-refractivity contribution in [3.05, 3.63) is 120 Å². The van der Waals surface area contributed by atoms with E-state index in [0.29, 0.717) is 12.0 Å². The minimum Gasteiger partial charge on any atom is -0.495 e. The van der Waals surface area contributed by atoms with Gasteiger partial charge in [0.05, 0.1) is 18.8 Å². The number of anilines is 1. The molecule has 0 N–H and O–H groups in total. The molecule has 0 unspecified atom stereocenters. The fraction of sp³-hybridized carbons (Fsp3) is 0.333. The Hall–Kier alpha value is -3.54. The van der Waals surface area contributed by atoms with Gasteiger partial charge in [-0.15, -0.1) is 0 Å². The number of piperazine rings is 1. The molecule has 1 fully saturated rings. The van der Waals surface area contributed by atoms with Crippen LogP contribution in [0.4, 0.5) is 5.69 Å². The number of ether oxygens (including phenoxy) is 1. The fourth-order valence-corrected chi connectivity index (χ4v) is 6.47. The Morgan fingerprint density at radius 1 is 0.789 bits per heavy atom. The predicted octanol–water partition coefficient (Wildman–Crippen LogP) is 5.70. The van der Waals surface area contributed by atoms with Gasteiger partial charge in [0.2, 0.25) is 0 Å². The predicted molar refractivity (Wildman–Crippen MR) is 155 cm³/mol. The molecule has 3 aromatic carbocycles. The first-order valence-electron chi connectivity index (χ1n) is 13.8. The molecular formula is C33H38N4O. The van der Waals surface area contributed by atoms with Crippen LogP contribution in [0.2, 0.25) is 0 Å². The maximum Gasteiger partial charge on any atom is 0.142 e. The summed E-state index contributed by atoms with van der Waals surface area (Å²) in [6, 6.07) is 33.3. The topological polar surface area (TPSA) is 23.9 Å². The second kappa shape index (κ2) is 11.1. The Bertz CT molecular complexity index is 1340. The molecule has 2 atom stereocenters. The lowest BCUT2D eigenvalue weighted by Gasteiger charge is -2.46. The second-order valence-corrected chi connectivity index (χ2v) is 10.6. The van der Waals surface area contributed by atoms with E-state index in [1.165, 1.54) is 28.1 Å². The molecule has 4 aromatic rings. The second-order valence-electron chi connectivity index (χ2n) is 10.6. The molecule has 1 saturated heterocycles. The highest BCUT2D eigenvalue weighted by Crippen LogP contribution is 2.44. The monoisotopic (exact) mass is 506 g/mol. The van der Waals surface area contributed by atoms with E-state index in [2.05, 4.69) is 117 Å². The van der Waals surface area contributed by atoms with Crippen LogP contribution >= 0.6 is 0 Å². The molecule has 0 saturated carbocycles. The number of fused-ring (bicyclic) bond motifs is 1. The summed E-state index contributed by atoms with van der Waals surface area (Å²) in [5.74, 6) is 1.36. The molecule has 5 heteroatoms. The summed E-state index contributed by atoms with van der Waals surface area (Å²) in [7, 11) is 3.96. The minimum absolute atomic E-state index is 0.317. The van der Waals surface area contributed by atoms with Gasteiger partial charge in [-0.25, -0.2) is 0 Å². The van der Waals surface area contributed by atoms with E-state index in [1.54, 1.807) is 7.11 Å². The number of aryl methyl sites for hydroxylation is 1. The highest BCUT2D eigenvalue weighted by molar-refractivity contribution is 5.58. The summed E-state index contributed by atoms with van der Waals surface area (Å²) < 4.78 is 7.97. The molecule has 3 heterocycles. The van der Waals surface area contributed by atoms with Gasteiger partial charge in [0, 0.05) is 70.7 Å². The number of hydrogen-bond acceptors (Lipinski definition) is 4. The van der Waals surface area contributed by atoms with E-state index in [-0.39, 0.29) is 0 Å². The summed E-state index contributed by atoms with van der Waals surface area (Å²) in [5, 5.41) is 0. The van der Waals surface area contributed by atoms with Crippen LogP contribution in [0, 0.1) is 0 Å². The van der Waals surface area contributed by atoms with E-state index in [1.807, 2.05) is 6.07 Å². The van der Waals surface area contributed by atoms with E-state index < -0.39 is 0 Å². The normalized spacial score (nSPS) is 20.3. The van der Waals surface area contributed by atoms with Gasteiger partial charge >= 0.3 is 0 Å². The third-order valence-corrected chi connectivity index (χ3v) is 8.37. The Balaban J connectivity index is 1.28. The third-order valence-electron chi connectivity index (χ3n) is 8.37. The summed E-state index contributed by atoms with van der Waals surface area (Å²) in [6.07, 6.45) is 2.19. The van der Waals surface area contributed by atoms with Crippen LogP contribution in [0.25, 0.3) is 0 Å². The van der Waals surface area contributed by atoms with Crippen LogP contribution in [0.3, 0.4) is 0 Å². The van der Waals surface area contributed by atoms with Crippen LogP contribution in [-0.2, 0) is 20.1 Å². The highest BCUT2D eigenvalue weighted by atomic mass is 16.5. The first-order chi connectivity index (χ1) is 18.7. The Morgan fingerprint density at radius 2 is 1.53 bits per heavy atom. The molecule has 0 amide bonds. The molecule has 38 heavy (non-hydrogen) atoms. The van der Waals surface area contributed by atoms with Crippen molar-refractivity contribution < 1.29 is 4.74 Å². The quantitative estimate of drug-likeness (QED) is 0.321. The molecule has 0 bridgehead atoms. The number of aromatic nitrogens is 1. The molecule has 5 nitrogen and oxygen atoms in total. The zero-order valence-electron chi connectivity index (χ0n) is 22.5. The molecule has 196 valence electrons. The average molecular weight is 507 g/mol. The first-order valence-corrected chi connectivity index (χ1v) is 13.8. The van der Waals surface area contributed by atoms with E-state index >= 15 is 0 Å². The number of rotatable bonds is 7. The largest absolute Gasteiger partial charge is 0.495 e. The average Bonchev–Trinajstić information content (AvgIpc) is 3.39. The fourth-order valence-electron chi connectivity index (χ4n) is 6.47. The molecule has 6 rings (SSSR count). The van der Waals surface area contributed by atoms with Crippen molar-refractivity contribution >= 4 is 5.69 Å². The summed E-state index contributed by atoms with van der Waals surface area (Å²) in [6.45, 7) is 7.10. The van der Waals surface area contributed by atoms with E-state index in [9.17, 15) is 0 Å². The maximum atomic E-state index is 5.65. The van der Waals surface area contributed by atoms with Crippen LogP contribution in [0.15, 0.2) is 97.2 Å². The first kappa shape index (κ1) is 24.8. The Labute approximate surface area is 226 Å². The molecule has 0 radical (unpaired) electrons. The van der Waals surface area contributed by atoms with Crippen LogP contribution in [0.5, 0.6) is 5.75 Å². The SMILES string of the molecule is COc1ccccc1N1CCN(C[C@@H]2c3ccccc3CN(Cc3ccccc3)[C@H]2c2cccn2C)CC1. The van der Waals surface area contributed by atoms with Crippen molar-refractivity contribution in [3.8, 4) is 5.75 Å². The van der Waals surface area contributed by atoms with Crippen LogP contribution < -0.4 is 9.64 Å². The van der Waals surface area contributed by atoms with Gasteiger partial charge in [-0.1, -0.05) is 66.7 Å². The van der Waals surface area contributed by atoms with Crippen molar-refractivity contribution in [3.63, 3.8) is 0 Å². The number of benzene rings is 3. The van der Waals surface area contributed by atoms with Gasteiger partial charge in [-0.2, -0.15) is 0 Å². The van der Waals surface area contributed by atoms with E-state index in [0.717, 1.165) is 51.6 Å². The zero-order valence-corrected chi connectivity index (χ0v) is 22.5. The van der Waals surface area contributed by atoms with E-state index in [4.69, 9.17) is 4.74 Å². The molecule has 0 spiro atoms. The van der Waals surface area contributed by atoms with Gasteiger partial charge in [0.1, 0.15) is 5.75 Å². The molecule has 0 aliphatic carbocycles. The standard InChI is InChI=1S/C33H38N4O/c1-34-18-10-16-31(34)33-29(25-35-19-21-36(22-20-35)30-15-8-9-17-32(30)38-2)28-14-7-6-13-27(28)24-37(33)23-26-11-4-3-5-12-26/h3-18,29,33H,19-25H2,1-2H3/t29-,33-/m1/s1. The van der Waals surface area contributed by atoms with Crippen LogP contribution in [-0.4, -0.2) is 54.2 Å². The van der Waals surface area contributed by atoms with Gasteiger partial charge < -0.3 is 14.2 Å². The lowest BCUT2D eigenvalue weighted by atomic mass is 9.81. The summed E-state index contributed by atoms with van der Waals surface area (Å²) >= 11 is 0. The molecule has 2 aliphatic rings. The van der Waals surface area contributed by atoms with Crippen molar-refractivity contribution in [2.75, 3.05) is 44.7 Å². The highest BCUT2D eigenvalue weighted by Gasteiger charge is 2.38. The maximum absolute atomic E-state index is 5.65. The van der Waals surface area contributed by atoms with Gasteiger partial charge in [0.15, 0.2) is 0 Å². The van der Waals surface area contributed by atoms with Crippen molar-refractivity contribution in [1.82, 2.24) is 14.4 Å². The zero-order chi connectivity index (χ0) is 25.9. The Morgan fingerprint density at radius 3 is 2.29 bits per heavy atom. The Kier molecular flexibility index (Phi) is 7.21. The van der Waals surface area contributed by atoms with Crippen LogP contribution in [0.1, 0.15) is 34.3 Å². The third kappa shape index (κ3) is 4.96. The molecule has 2 aliphatic heterocycles. The minimum atomic E-state index is 0.317. The lowest BCUT2D eigenvalue weighted by molar-refractivity contribution is 0.105. The summed E-state index contributed by atoms with van der Waals surface area (Å²) in [5.41, 5.74) is 6.94. The number of para-hydroxylation sites is 2. The summed E-state index contributed by atoms with van der Waals surface area (Å²) in [4.78, 5) is 7.85. The van der Waals surface area contributed by atoms with Gasteiger partial charge in [-0.3, -0.25) is 9.80 Å². The number of methoxy groups -OCH3 is 1. The number of hydrogen-bond donors (Lipinski definition) is 0. The molecule has 1 aromatic heterocycles. The smallest absolute Gasteiger partial charge is 0.142 e. The van der Waals surface area contributed by atoms with Gasteiger partial charge in [0.25, 0.3) is 0 Å². The van der Waals surface area contributed by atoms with Crippen molar-refractivity contribution in [2.24, 2.45) is 7.05 Å². The van der Waals surface area contributed by atoms with Crippen molar-refractivity contribution in [2.45, 2.75) is 25.0 Å². The number of nitrogens with zero attached hydrogens (tertiary/aromatic N) is 4. The van der Waals surface area contributed by atoms with Crippen molar-refractivity contribution in [1.29, 1.82) is 0 Å². The van der Waals surface area contributed by atoms with Gasteiger partial charge in [-0.05, 0) is 41.0 Å².